The molecule has 2 heterocycles. The minimum Gasteiger partial charge on any atom is -0.556 e. The minimum absolute atomic E-state index is 0.00841. The summed E-state index contributed by atoms with van der Waals surface area (Å²) >= 11 is 0. The summed E-state index contributed by atoms with van der Waals surface area (Å²) < 4.78 is 5.95. The monoisotopic (exact) mass is 484 g/mol. The Labute approximate surface area is 209 Å². The number of hydrogen-bond donors (Lipinski definition) is 3. The molecular formula is C26H27BN5O4-. The van der Waals surface area contributed by atoms with E-state index in [-0.39, 0.29) is 5.46 Å². The highest BCUT2D eigenvalue weighted by Crippen LogP contribution is 2.21. The first kappa shape index (κ1) is 25.1. The van der Waals surface area contributed by atoms with Crippen LogP contribution in [0.15, 0.2) is 108 Å². The van der Waals surface area contributed by atoms with Crippen molar-refractivity contribution in [1.29, 1.82) is 0 Å². The summed E-state index contributed by atoms with van der Waals surface area (Å²) in [6.45, 7) is -0.940. The van der Waals surface area contributed by atoms with Gasteiger partial charge in [-0.2, -0.15) is 10.2 Å². The van der Waals surface area contributed by atoms with E-state index in [1.807, 2.05) is 48.5 Å². The lowest BCUT2D eigenvalue weighted by molar-refractivity contribution is 0.193. The fourth-order valence-electron chi connectivity index (χ4n) is 3.47. The van der Waals surface area contributed by atoms with Crippen LogP contribution in [0, 0.1) is 0 Å². The fourth-order valence-corrected chi connectivity index (χ4v) is 3.47. The van der Waals surface area contributed by atoms with Crippen LogP contribution in [0.5, 0.6) is 5.75 Å². The van der Waals surface area contributed by atoms with Gasteiger partial charge < -0.3 is 19.8 Å². The van der Waals surface area contributed by atoms with E-state index in [0.29, 0.717) is 37.6 Å². The van der Waals surface area contributed by atoms with Gasteiger partial charge in [0.2, 0.25) is 0 Å². The molecule has 0 bridgehead atoms. The van der Waals surface area contributed by atoms with Crippen LogP contribution in [0.3, 0.4) is 0 Å². The standard InChI is InChI=1S/C26H27BN5O4/c33-27(34,35)21-7-9-22(10-8-21)30-31-23-11-13-26(14-12-23)36-18-17-32(19-24-5-1-3-15-28-24)20-25-6-2-4-16-29-25/h1-16,33-35H,17-20H2/q-1. The van der Waals surface area contributed by atoms with Crippen molar-refractivity contribution >= 4 is 23.6 Å². The maximum absolute atomic E-state index is 9.24. The van der Waals surface area contributed by atoms with E-state index >= 15 is 0 Å². The average Bonchev–Trinajstić information content (AvgIpc) is 2.89. The van der Waals surface area contributed by atoms with Gasteiger partial charge in [-0.3, -0.25) is 14.9 Å². The van der Waals surface area contributed by atoms with Crippen LogP contribution >= 0.6 is 0 Å². The molecule has 9 nitrogen and oxygen atoms in total. The number of ether oxygens (including phenoxy) is 1. The van der Waals surface area contributed by atoms with Crippen LogP contribution in [0.4, 0.5) is 11.4 Å². The molecule has 2 aromatic heterocycles. The van der Waals surface area contributed by atoms with E-state index in [1.54, 1.807) is 24.5 Å². The van der Waals surface area contributed by atoms with Crippen molar-refractivity contribution in [2.24, 2.45) is 10.2 Å². The number of rotatable bonds is 11. The van der Waals surface area contributed by atoms with E-state index in [4.69, 9.17) is 4.74 Å². The van der Waals surface area contributed by atoms with E-state index in [2.05, 4.69) is 25.1 Å². The lowest BCUT2D eigenvalue weighted by Crippen LogP contribution is -2.48. The second-order valence-electron chi connectivity index (χ2n) is 8.22. The molecule has 0 spiro atoms. The zero-order valence-corrected chi connectivity index (χ0v) is 19.6. The molecule has 0 aliphatic rings. The first-order valence-corrected chi connectivity index (χ1v) is 11.5. The molecule has 0 unspecified atom stereocenters. The van der Waals surface area contributed by atoms with Crippen molar-refractivity contribution in [3.05, 3.63) is 109 Å². The minimum atomic E-state index is -3.52. The lowest BCUT2D eigenvalue weighted by atomic mass is 9.71. The third kappa shape index (κ3) is 7.79. The predicted molar refractivity (Wildman–Crippen MR) is 137 cm³/mol. The van der Waals surface area contributed by atoms with Gasteiger partial charge in [-0.05, 0) is 60.7 Å². The number of benzene rings is 2. The SMILES string of the molecule is O[B-](O)(O)c1ccc(N=Nc2ccc(OCCN(Cc3ccccn3)Cc3ccccn3)cc2)cc1. The maximum atomic E-state index is 9.24. The summed E-state index contributed by atoms with van der Waals surface area (Å²) in [5.74, 6) is 0.723. The smallest absolute Gasteiger partial charge is 0.402 e. The maximum Gasteiger partial charge on any atom is 0.402 e. The summed E-state index contributed by atoms with van der Waals surface area (Å²) in [5, 5.41) is 36.0. The number of aromatic nitrogens is 2. The Bertz CT molecular complexity index is 1190. The highest BCUT2D eigenvalue weighted by Gasteiger charge is 2.17. The largest absolute Gasteiger partial charge is 0.556 e. The molecule has 4 rings (SSSR count). The topological polar surface area (TPSA) is 124 Å². The molecule has 0 saturated carbocycles. The molecule has 3 N–H and O–H groups in total. The van der Waals surface area contributed by atoms with Crippen LogP contribution in [0.2, 0.25) is 0 Å². The molecular weight excluding hydrogens is 457 g/mol. The second kappa shape index (κ2) is 12.1. The Morgan fingerprint density at radius 2 is 1.22 bits per heavy atom. The summed E-state index contributed by atoms with van der Waals surface area (Å²) in [7, 11) is 0. The van der Waals surface area contributed by atoms with Gasteiger partial charge in [-0.15, -0.1) is 5.46 Å². The Morgan fingerprint density at radius 1 is 0.694 bits per heavy atom. The third-order valence-electron chi connectivity index (χ3n) is 5.36. The molecule has 0 amide bonds. The van der Waals surface area contributed by atoms with Gasteiger partial charge in [0.25, 0.3) is 0 Å². The van der Waals surface area contributed by atoms with Crippen molar-refractivity contribution in [1.82, 2.24) is 14.9 Å². The summed E-state index contributed by atoms with van der Waals surface area (Å²) in [4.78, 5) is 11.1. The first-order chi connectivity index (χ1) is 17.5. The van der Waals surface area contributed by atoms with Crippen molar-refractivity contribution in [3.8, 4) is 5.75 Å². The van der Waals surface area contributed by atoms with Crippen LogP contribution < -0.4 is 10.2 Å². The quantitative estimate of drug-likeness (QED) is 0.221. The zero-order valence-electron chi connectivity index (χ0n) is 19.6. The second-order valence-corrected chi connectivity index (χ2v) is 8.22. The van der Waals surface area contributed by atoms with Crippen molar-refractivity contribution in [3.63, 3.8) is 0 Å². The number of hydrogen-bond acceptors (Lipinski definition) is 9. The molecule has 10 heteroatoms. The Morgan fingerprint density at radius 3 is 1.69 bits per heavy atom. The normalized spacial score (nSPS) is 11.8. The first-order valence-electron chi connectivity index (χ1n) is 11.5. The summed E-state index contributed by atoms with van der Waals surface area (Å²) in [5.41, 5.74) is 3.14. The molecule has 0 fully saturated rings. The van der Waals surface area contributed by atoms with Crippen molar-refractivity contribution < 1.29 is 19.8 Å². The van der Waals surface area contributed by atoms with Crippen LogP contribution in [-0.4, -0.2) is 49.8 Å². The number of pyridine rings is 2. The number of nitrogens with zero attached hydrogens (tertiary/aromatic N) is 5. The summed E-state index contributed by atoms with van der Waals surface area (Å²) in [6, 6.07) is 24.9. The molecule has 0 radical (unpaired) electrons. The van der Waals surface area contributed by atoms with E-state index in [9.17, 15) is 15.1 Å². The van der Waals surface area contributed by atoms with E-state index in [0.717, 1.165) is 17.1 Å². The van der Waals surface area contributed by atoms with Crippen molar-refractivity contribution in [2.75, 3.05) is 13.2 Å². The van der Waals surface area contributed by atoms with Crippen LogP contribution in [0.25, 0.3) is 0 Å². The van der Waals surface area contributed by atoms with Gasteiger partial charge in [0.1, 0.15) is 12.4 Å². The highest BCUT2D eigenvalue weighted by molar-refractivity contribution is 6.71. The molecule has 0 aliphatic carbocycles. The number of azo groups is 1. The van der Waals surface area contributed by atoms with Gasteiger partial charge in [0.15, 0.2) is 0 Å². The van der Waals surface area contributed by atoms with Gasteiger partial charge in [-0.25, -0.2) is 0 Å². The molecule has 0 atom stereocenters. The van der Waals surface area contributed by atoms with E-state index in [1.165, 1.54) is 24.3 Å². The van der Waals surface area contributed by atoms with Gasteiger partial charge in [0, 0.05) is 32.0 Å². The Hall–Kier alpha value is -3.96. The average molecular weight is 484 g/mol. The van der Waals surface area contributed by atoms with Crippen LogP contribution in [0.1, 0.15) is 11.4 Å². The zero-order chi connectivity index (χ0) is 25.2. The molecule has 0 saturated heterocycles. The molecule has 0 aliphatic heterocycles. The van der Waals surface area contributed by atoms with Gasteiger partial charge in [0.05, 0.1) is 22.8 Å². The highest BCUT2D eigenvalue weighted by atomic mass is 16.5. The predicted octanol–water partition coefficient (Wildman–Crippen LogP) is 3.10. The lowest BCUT2D eigenvalue weighted by Gasteiger charge is -2.21. The van der Waals surface area contributed by atoms with Crippen LogP contribution in [-0.2, 0) is 13.1 Å². The Balaban J connectivity index is 1.31. The van der Waals surface area contributed by atoms with Crippen molar-refractivity contribution in [2.45, 2.75) is 13.1 Å². The fraction of sp³-hybridized carbons (Fsp3) is 0.154. The summed E-state index contributed by atoms with van der Waals surface area (Å²) in [6.07, 6.45) is 3.59. The van der Waals surface area contributed by atoms with Gasteiger partial charge >= 0.3 is 6.75 Å². The molecule has 184 valence electrons. The Kier molecular flexibility index (Phi) is 8.48. The molecule has 4 aromatic rings. The van der Waals surface area contributed by atoms with E-state index < -0.39 is 6.75 Å². The molecule has 2 aromatic carbocycles. The molecule has 36 heavy (non-hydrogen) atoms. The van der Waals surface area contributed by atoms with Gasteiger partial charge in [-0.1, -0.05) is 24.3 Å². The third-order valence-corrected chi connectivity index (χ3v) is 5.36.